The molecule has 7 nitrogen and oxygen atoms in total. The minimum atomic E-state index is -0.373. The maximum absolute atomic E-state index is 13.6. The fourth-order valence-electron chi connectivity index (χ4n) is 3.99. The molecule has 4 rings (SSSR count). The zero-order valence-electron chi connectivity index (χ0n) is 17.1. The third-order valence-corrected chi connectivity index (χ3v) is 5.61. The van der Waals surface area contributed by atoms with Crippen molar-refractivity contribution in [3.63, 3.8) is 0 Å². The molecule has 8 heteroatoms. The van der Waals surface area contributed by atoms with E-state index >= 15 is 0 Å². The van der Waals surface area contributed by atoms with Crippen molar-refractivity contribution < 1.29 is 9.18 Å². The molecule has 3 heterocycles. The molecule has 1 aliphatic rings. The summed E-state index contributed by atoms with van der Waals surface area (Å²) in [6, 6.07) is 8.71. The first-order valence-corrected chi connectivity index (χ1v) is 10.2. The molecule has 1 aliphatic heterocycles. The molecule has 1 amide bonds. The summed E-state index contributed by atoms with van der Waals surface area (Å²) in [7, 11) is 0. The molecule has 0 spiro atoms. The summed E-state index contributed by atoms with van der Waals surface area (Å²) < 4.78 is 13.1. The highest BCUT2D eigenvalue weighted by atomic mass is 19.1. The summed E-state index contributed by atoms with van der Waals surface area (Å²) in [5.74, 6) is 0.518. The van der Waals surface area contributed by atoms with E-state index in [-0.39, 0.29) is 17.8 Å². The Kier molecular flexibility index (Phi) is 5.74. The molecule has 2 atom stereocenters. The van der Waals surface area contributed by atoms with Crippen LogP contribution in [0.3, 0.4) is 0 Å². The van der Waals surface area contributed by atoms with Gasteiger partial charge >= 0.3 is 0 Å². The molecule has 1 saturated heterocycles. The van der Waals surface area contributed by atoms with Crippen molar-refractivity contribution >= 4 is 11.7 Å². The molecule has 0 aliphatic carbocycles. The fraction of sp³-hybridized carbons (Fsp3) is 0.364. The first-order chi connectivity index (χ1) is 14.5. The van der Waals surface area contributed by atoms with E-state index < -0.39 is 0 Å². The first kappa shape index (κ1) is 20.0. The van der Waals surface area contributed by atoms with Gasteiger partial charge in [-0.25, -0.2) is 9.37 Å². The molecule has 0 bridgehead atoms. The number of aromatic nitrogens is 4. The second-order valence-corrected chi connectivity index (χ2v) is 7.77. The summed E-state index contributed by atoms with van der Waals surface area (Å²) >= 11 is 0. The number of piperidine rings is 1. The molecule has 1 fully saturated rings. The summed E-state index contributed by atoms with van der Waals surface area (Å²) in [6.45, 7) is 5.37. The smallest absolute Gasteiger partial charge is 0.256 e. The van der Waals surface area contributed by atoms with E-state index in [0.29, 0.717) is 36.1 Å². The average Bonchev–Trinajstić information content (AvgIpc) is 3.28. The van der Waals surface area contributed by atoms with Crippen LogP contribution < -0.4 is 5.32 Å². The predicted molar refractivity (Wildman–Crippen MR) is 112 cm³/mol. The molecule has 30 heavy (non-hydrogen) atoms. The summed E-state index contributed by atoms with van der Waals surface area (Å²) in [6.07, 6.45) is 6.39. The molecule has 0 radical (unpaired) electrons. The highest BCUT2D eigenvalue weighted by Gasteiger charge is 2.33. The molecule has 1 N–H and O–H groups in total. The molecule has 3 aromatic rings. The van der Waals surface area contributed by atoms with Gasteiger partial charge in [0.2, 0.25) is 0 Å². The van der Waals surface area contributed by atoms with Crippen molar-refractivity contribution in [1.29, 1.82) is 0 Å². The van der Waals surface area contributed by atoms with Crippen LogP contribution in [0.2, 0.25) is 0 Å². The lowest BCUT2D eigenvalue weighted by Crippen LogP contribution is -2.51. The van der Waals surface area contributed by atoms with Crippen molar-refractivity contribution in [2.24, 2.45) is 5.92 Å². The monoisotopic (exact) mass is 408 g/mol. The lowest BCUT2D eigenvalue weighted by atomic mass is 9.89. The van der Waals surface area contributed by atoms with E-state index in [4.69, 9.17) is 0 Å². The van der Waals surface area contributed by atoms with Gasteiger partial charge in [0.15, 0.2) is 0 Å². The fourth-order valence-corrected chi connectivity index (χ4v) is 3.99. The van der Waals surface area contributed by atoms with E-state index in [2.05, 4.69) is 27.4 Å². The SMILES string of the molecule is Cc1ccc(-n2nccn2)c(C(=O)N2CCC[C@@H](C)C2CNc2ccc(F)cn2)c1. The number of nitrogens with one attached hydrogen (secondary N) is 1. The van der Waals surface area contributed by atoms with Crippen LogP contribution in [-0.2, 0) is 0 Å². The van der Waals surface area contributed by atoms with Crippen LogP contribution in [0.25, 0.3) is 5.69 Å². The third kappa shape index (κ3) is 4.17. The van der Waals surface area contributed by atoms with Gasteiger partial charge < -0.3 is 10.2 Å². The number of likely N-dealkylation sites (tertiary alicyclic amines) is 1. The number of hydrogen-bond acceptors (Lipinski definition) is 5. The summed E-state index contributed by atoms with van der Waals surface area (Å²) in [4.78, 5) is 21.1. The minimum absolute atomic E-state index is 0.00274. The van der Waals surface area contributed by atoms with Gasteiger partial charge in [-0.2, -0.15) is 15.0 Å². The van der Waals surface area contributed by atoms with Crippen molar-refractivity contribution in [2.75, 3.05) is 18.4 Å². The zero-order valence-corrected chi connectivity index (χ0v) is 17.1. The Labute approximate surface area is 174 Å². The van der Waals surface area contributed by atoms with E-state index in [1.807, 2.05) is 30.0 Å². The van der Waals surface area contributed by atoms with Gasteiger partial charge in [-0.15, -0.1) is 0 Å². The quantitative estimate of drug-likeness (QED) is 0.700. The number of carbonyl (C=O) groups is 1. The Morgan fingerprint density at radius 2 is 2.03 bits per heavy atom. The number of amides is 1. The molecule has 156 valence electrons. The van der Waals surface area contributed by atoms with E-state index in [1.165, 1.54) is 17.1 Å². The Hall–Kier alpha value is -3.29. The van der Waals surface area contributed by atoms with Gasteiger partial charge in [0.1, 0.15) is 11.6 Å². The lowest BCUT2D eigenvalue weighted by molar-refractivity contribution is 0.0539. The largest absolute Gasteiger partial charge is 0.368 e. The summed E-state index contributed by atoms with van der Waals surface area (Å²) in [5, 5.41) is 11.7. The Morgan fingerprint density at radius 3 is 2.77 bits per heavy atom. The van der Waals surface area contributed by atoms with Gasteiger partial charge in [0.05, 0.1) is 35.9 Å². The van der Waals surface area contributed by atoms with Gasteiger partial charge in [-0.05, 0) is 49.9 Å². The normalized spacial score (nSPS) is 19.0. The number of nitrogens with zero attached hydrogens (tertiary/aromatic N) is 5. The maximum atomic E-state index is 13.6. The van der Waals surface area contributed by atoms with E-state index in [0.717, 1.165) is 18.4 Å². The van der Waals surface area contributed by atoms with Crippen LogP contribution in [0.15, 0.2) is 48.9 Å². The Balaban J connectivity index is 1.60. The van der Waals surface area contributed by atoms with Crippen LogP contribution in [-0.4, -0.2) is 49.9 Å². The highest BCUT2D eigenvalue weighted by molar-refractivity contribution is 5.98. The molecule has 2 aromatic heterocycles. The molecule has 1 unspecified atom stereocenters. The number of carbonyl (C=O) groups excluding carboxylic acids is 1. The van der Waals surface area contributed by atoms with Crippen LogP contribution in [0.4, 0.5) is 10.2 Å². The molecule has 0 saturated carbocycles. The predicted octanol–water partition coefficient (Wildman–Crippen LogP) is 3.46. The number of pyridine rings is 1. The van der Waals surface area contributed by atoms with Crippen molar-refractivity contribution in [3.8, 4) is 5.69 Å². The molecular formula is C22H25FN6O. The second kappa shape index (κ2) is 8.61. The maximum Gasteiger partial charge on any atom is 0.256 e. The Bertz CT molecular complexity index is 1000. The number of benzene rings is 1. The van der Waals surface area contributed by atoms with E-state index in [1.54, 1.807) is 18.5 Å². The van der Waals surface area contributed by atoms with Crippen LogP contribution in [0.1, 0.15) is 35.7 Å². The van der Waals surface area contributed by atoms with Gasteiger partial charge in [0.25, 0.3) is 5.91 Å². The number of aryl methyl sites for hydroxylation is 1. The topological polar surface area (TPSA) is 75.9 Å². The number of hydrogen-bond donors (Lipinski definition) is 1. The van der Waals surface area contributed by atoms with Gasteiger partial charge in [-0.1, -0.05) is 18.6 Å². The van der Waals surface area contributed by atoms with Crippen LogP contribution in [0.5, 0.6) is 0 Å². The zero-order chi connectivity index (χ0) is 21.1. The third-order valence-electron chi connectivity index (χ3n) is 5.61. The Morgan fingerprint density at radius 1 is 1.23 bits per heavy atom. The summed E-state index contributed by atoms with van der Waals surface area (Å²) in [5.41, 5.74) is 2.26. The average molecular weight is 408 g/mol. The van der Waals surface area contributed by atoms with E-state index in [9.17, 15) is 9.18 Å². The van der Waals surface area contributed by atoms with Crippen molar-refractivity contribution in [3.05, 3.63) is 65.9 Å². The molecule has 1 aromatic carbocycles. The lowest BCUT2D eigenvalue weighted by Gasteiger charge is -2.40. The second-order valence-electron chi connectivity index (χ2n) is 7.77. The van der Waals surface area contributed by atoms with Crippen molar-refractivity contribution in [1.82, 2.24) is 24.9 Å². The highest BCUT2D eigenvalue weighted by Crippen LogP contribution is 2.27. The minimum Gasteiger partial charge on any atom is -0.368 e. The van der Waals surface area contributed by atoms with Crippen LogP contribution in [0, 0.1) is 18.7 Å². The number of rotatable bonds is 5. The number of halogens is 1. The standard InChI is InChI=1S/C22H25FN6O/c1-15-5-7-19(29-26-9-10-27-29)18(12-15)22(30)28-11-3-4-16(2)20(28)14-25-21-8-6-17(23)13-24-21/h5-10,12-13,16,20H,3-4,11,14H2,1-2H3,(H,24,25)/t16-,20?/m1/s1. The van der Waals surface area contributed by atoms with Crippen LogP contribution >= 0.6 is 0 Å². The number of anilines is 1. The molecular weight excluding hydrogens is 383 g/mol. The van der Waals surface area contributed by atoms with Crippen molar-refractivity contribution in [2.45, 2.75) is 32.7 Å². The first-order valence-electron chi connectivity index (χ1n) is 10.2. The van der Waals surface area contributed by atoms with Gasteiger partial charge in [0, 0.05) is 13.1 Å². The van der Waals surface area contributed by atoms with Gasteiger partial charge in [-0.3, -0.25) is 4.79 Å².